The smallest absolute Gasteiger partial charge is 0.128 e. The fourth-order valence-corrected chi connectivity index (χ4v) is 2.56. The van der Waals surface area contributed by atoms with Crippen molar-refractivity contribution < 1.29 is 4.74 Å². The zero-order valence-electron chi connectivity index (χ0n) is 11.0. The number of hydrogen-bond acceptors (Lipinski definition) is 4. The molecular weight excluding hydrogens is 226 g/mol. The monoisotopic (exact) mass is 247 g/mol. The van der Waals surface area contributed by atoms with Crippen LogP contribution < -0.4 is 4.90 Å². The average Bonchev–Trinajstić information content (AvgIpc) is 2.38. The van der Waals surface area contributed by atoms with Crippen LogP contribution in [0.15, 0.2) is 18.3 Å². The van der Waals surface area contributed by atoms with E-state index in [0.717, 1.165) is 51.6 Å². The molecule has 0 aromatic carbocycles. The van der Waals surface area contributed by atoms with Crippen LogP contribution in [0, 0.1) is 0 Å². The van der Waals surface area contributed by atoms with Gasteiger partial charge in [0.05, 0.1) is 19.3 Å². The van der Waals surface area contributed by atoms with Crippen molar-refractivity contribution in [1.29, 1.82) is 0 Å². The lowest BCUT2D eigenvalue weighted by atomic mass is 10.2. The number of aryl methyl sites for hydroxylation is 1. The fraction of sp³-hybridized carbons (Fsp3) is 0.643. The second kappa shape index (κ2) is 5.24. The minimum atomic E-state index is 0.669. The number of nitrogens with zero attached hydrogens (tertiary/aromatic N) is 3. The Morgan fingerprint density at radius 2 is 2.00 bits per heavy atom. The van der Waals surface area contributed by atoms with Crippen molar-refractivity contribution in [2.24, 2.45) is 0 Å². The van der Waals surface area contributed by atoms with E-state index in [1.165, 1.54) is 5.56 Å². The number of hydrogen-bond donors (Lipinski definition) is 0. The van der Waals surface area contributed by atoms with Crippen LogP contribution in [0.4, 0.5) is 5.82 Å². The number of ether oxygens (including phenoxy) is 1. The second-order valence-electron chi connectivity index (χ2n) is 5.09. The van der Waals surface area contributed by atoms with Gasteiger partial charge in [-0.1, -0.05) is 13.0 Å². The highest BCUT2D eigenvalue weighted by molar-refractivity contribution is 5.39. The summed E-state index contributed by atoms with van der Waals surface area (Å²) in [6, 6.07) is 5.01. The van der Waals surface area contributed by atoms with E-state index < -0.39 is 0 Å². The summed E-state index contributed by atoms with van der Waals surface area (Å²) in [6.07, 6.45) is 3.06. The van der Waals surface area contributed by atoms with E-state index in [0.29, 0.717) is 6.04 Å². The molecule has 18 heavy (non-hydrogen) atoms. The normalized spacial score (nSPS) is 21.9. The van der Waals surface area contributed by atoms with Crippen molar-refractivity contribution in [1.82, 2.24) is 9.88 Å². The van der Waals surface area contributed by atoms with Crippen LogP contribution >= 0.6 is 0 Å². The van der Waals surface area contributed by atoms with Crippen LogP contribution in [0.1, 0.15) is 12.5 Å². The van der Waals surface area contributed by atoms with Gasteiger partial charge in [-0.25, -0.2) is 4.98 Å². The van der Waals surface area contributed by atoms with Gasteiger partial charge in [-0.05, 0) is 18.1 Å². The van der Waals surface area contributed by atoms with Crippen LogP contribution in [0.3, 0.4) is 0 Å². The number of aromatic nitrogens is 1. The van der Waals surface area contributed by atoms with Crippen molar-refractivity contribution >= 4 is 5.82 Å². The summed E-state index contributed by atoms with van der Waals surface area (Å²) in [7, 11) is 0. The van der Waals surface area contributed by atoms with Crippen LogP contribution in [-0.2, 0) is 11.2 Å². The van der Waals surface area contributed by atoms with Gasteiger partial charge in [0.2, 0.25) is 0 Å². The lowest BCUT2D eigenvalue weighted by Crippen LogP contribution is -2.56. The molecule has 2 aliphatic rings. The molecule has 0 saturated carbocycles. The molecule has 0 bridgehead atoms. The maximum absolute atomic E-state index is 5.26. The summed E-state index contributed by atoms with van der Waals surface area (Å²) in [5, 5.41) is 0. The molecule has 0 unspecified atom stereocenters. The van der Waals surface area contributed by atoms with Gasteiger partial charge in [0.25, 0.3) is 0 Å². The molecule has 0 N–H and O–H groups in total. The van der Waals surface area contributed by atoms with Gasteiger partial charge in [-0.15, -0.1) is 0 Å². The summed E-state index contributed by atoms with van der Waals surface area (Å²) >= 11 is 0. The zero-order chi connectivity index (χ0) is 12.4. The van der Waals surface area contributed by atoms with Crippen molar-refractivity contribution in [3.8, 4) is 0 Å². The minimum Gasteiger partial charge on any atom is -0.378 e. The SMILES string of the molecule is CCc1ccc(N2CCN(C3COC3)CC2)nc1. The van der Waals surface area contributed by atoms with E-state index in [-0.39, 0.29) is 0 Å². The molecule has 1 aromatic rings. The Hall–Kier alpha value is -1.13. The van der Waals surface area contributed by atoms with Gasteiger partial charge in [0, 0.05) is 32.4 Å². The van der Waals surface area contributed by atoms with Crippen molar-refractivity contribution in [2.45, 2.75) is 19.4 Å². The first-order valence-electron chi connectivity index (χ1n) is 6.88. The lowest BCUT2D eigenvalue weighted by Gasteiger charge is -2.42. The first-order valence-corrected chi connectivity index (χ1v) is 6.88. The summed E-state index contributed by atoms with van der Waals surface area (Å²) in [6.45, 7) is 8.42. The van der Waals surface area contributed by atoms with Crippen molar-refractivity contribution in [2.75, 3.05) is 44.3 Å². The van der Waals surface area contributed by atoms with Gasteiger partial charge < -0.3 is 9.64 Å². The molecule has 1 aromatic heterocycles. The molecule has 3 rings (SSSR count). The third-order valence-electron chi connectivity index (χ3n) is 3.99. The molecule has 0 aliphatic carbocycles. The predicted molar refractivity (Wildman–Crippen MR) is 72.0 cm³/mol. The van der Waals surface area contributed by atoms with E-state index >= 15 is 0 Å². The van der Waals surface area contributed by atoms with E-state index in [1.54, 1.807) is 0 Å². The van der Waals surface area contributed by atoms with Gasteiger partial charge >= 0.3 is 0 Å². The Morgan fingerprint density at radius 3 is 2.50 bits per heavy atom. The third kappa shape index (κ3) is 2.35. The molecule has 0 amide bonds. The molecule has 0 atom stereocenters. The quantitative estimate of drug-likeness (QED) is 0.801. The van der Waals surface area contributed by atoms with E-state index in [1.807, 2.05) is 6.20 Å². The molecular formula is C14H21N3O. The number of anilines is 1. The highest BCUT2D eigenvalue weighted by Gasteiger charge is 2.28. The second-order valence-corrected chi connectivity index (χ2v) is 5.09. The van der Waals surface area contributed by atoms with Crippen LogP contribution in [0.2, 0.25) is 0 Å². The average molecular weight is 247 g/mol. The number of rotatable bonds is 3. The molecule has 0 radical (unpaired) electrons. The Kier molecular flexibility index (Phi) is 3.48. The number of pyridine rings is 1. The molecule has 3 heterocycles. The first-order chi connectivity index (χ1) is 8.86. The molecule has 2 fully saturated rings. The molecule has 4 nitrogen and oxygen atoms in total. The highest BCUT2D eigenvalue weighted by Crippen LogP contribution is 2.17. The van der Waals surface area contributed by atoms with Crippen LogP contribution in [-0.4, -0.2) is 55.3 Å². The van der Waals surface area contributed by atoms with E-state index in [4.69, 9.17) is 4.74 Å². The maximum Gasteiger partial charge on any atom is 0.128 e. The van der Waals surface area contributed by atoms with Gasteiger partial charge in [0.15, 0.2) is 0 Å². The Morgan fingerprint density at radius 1 is 1.22 bits per heavy atom. The van der Waals surface area contributed by atoms with Crippen molar-refractivity contribution in [3.05, 3.63) is 23.9 Å². The highest BCUT2D eigenvalue weighted by atomic mass is 16.5. The fourth-order valence-electron chi connectivity index (χ4n) is 2.56. The van der Waals surface area contributed by atoms with E-state index in [2.05, 4.69) is 33.8 Å². The molecule has 2 saturated heterocycles. The van der Waals surface area contributed by atoms with Crippen LogP contribution in [0.25, 0.3) is 0 Å². The van der Waals surface area contributed by atoms with Gasteiger partial charge in [-0.3, -0.25) is 4.90 Å². The third-order valence-corrected chi connectivity index (χ3v) is 3.99. The van der Waals surface area contributed by atoms with Crippen molar-refractivity contribution in [3.63, 3.8) is 0 Å². The molecule has 4 heteroatoms. The molecule has 2 aliphatic heterocycles. The Balaban J connectivity index is 1.57. The Bertz CT molecular complexity index is 381. The molecule has 98 valence electrons. The van der Waals surface area contributed by atoms with Crippen LogP contribution in [0.5, 0.6) is 0 Å². The topological polar surface area (TPSA) is 28.6 Å². The predicted octanol–water partition coefficient (Wildman–Crippen LogP) is 1.16. The van der Waals surface area contributed by atoms with Gasteiger partial charge in [0.1, 0.15) is 5.82 Å². The summed E-state index contributed by atoms with van der Waals surface area (Å²) < 4.78 is 5.26. The summed E-state index contributed by atoms with van der Waals surface area (Å²) in [5.41, 5.74) is 1.31. The zero-order valence-corrected chi connectivity index (χ0v) is 11.0. The summed E-state index contributed by atoms with van der Waals surface area (Å²) in [5.74, 6) is 1.12. The standard InChI is InChI=1S/C14H21N3O/c1-2-12-3-4-14(15-9-12)17-7-5-16(6-8-17)13-10-18-11-13/h3-4,9,13H,2,5-8,10-11H2,1H3. The minimum absolute atomic E-state index is 0.669. The number of piperazine rings is 1. The largest absolute Gasteiger partial charge is 0.378 e. The molecule has 0 spiro atoms. The van der Waals surface area contributed by atoms with E-state index in [9.17, 15) is 0 Å². The Labute approximate surface area is 109 Å². The lowest BCUT2D eigenvalue weighted by molar-refractivity contribution is -0.0661. The van der Waals surface area contributed by atoms with Gasteiger partial charge in [-0.2, -0.15) is 0 Å². The maximum atomic E-state index is 5.26. The summed E-state index contributed by atoms with van der Waals surface area (Å²) in [4.78, 5) is 9.49. The first kappa shape index (κ1) is 11.9.